The van der Waals surface area contributed by atoms with Crippen LogP contribution < -0.4 is 16.2 Å². The first-order chi connectivity index (χ1) is 9.52. The number of aromatic nitrogens is 1. The first-order valence-electron chi connectivity index (χ1n) is 5.89. The van der Waals surface area contributed by atoms with E-state index in [9.17, 15) is 9.18 Å². The Morgan fingerprint density at radius 2 is 2.05 bits per heavy atom. The molecule has 1 heterocycles. The number of nitrogens with two attached hydrogens (primary N) is 1. The topological polar surface area (TPSA) is 81.2 Å². The Hall–Kier alpha value is -2.76. The lowest BCUT2D eigenvalue weighted by molar-refractivity contribution is 0.444. The van der Waals surface area contributed by atoms with Gasteiger partial charge in [-0.2, -0.15) is 0 Å². The molecule has 0 aliphatic carbocycles. The van der Waals surface area contributed by atoms with Crippen LogP contribution in [0, 0.1) is 12.7 Å². The molecule has 0 spiro atoms. The van der Waals surface area contributed by atoms with Crippen LogP contribution in [-0.2, 0) is 0 Å². The van der Waals surface area contributed by atoms with Gasteiger partial charge in [-0.15, -0.1) is 0 Å². The summed E-state index contributed by atoms with van der Waals surface area (Å²) in [4.78, 5) is 13.6. The minimum atomic E-state index is -0.585. The van der Waals surface area contributed by atoms with E-state index < -0.39 is 11.6 Å². The van der Waals surface area contributed by atoms with Crippen LogP contribution in [0.2, 0.25) is 0 Å². The van der Waals surface area contributed by atoms with E-state index in [0.717, 1.165) is 5.56 Å². The molecule has 0 bridgehead atoms. The van der Waals surface area contributed by atoms with Gasteiger partial charge in [0, 0.05) is 12.1 Å². The van der Waals surface area contributed by atoms with E-state index in [-0.39, 0.29) is 17.2 Å². The summed E-state index contributed by atoms with van der Waals surface area (Å²) in [5.41, 5.74) is 7.68. The van der Waals surface area contributed by atoms with Gasteiger partial charge in [-0.05, 0) is 24.6 Å². The summed E-state index contributed by atoms with van der Waals surface area (Å²) in [5.74, 6) is -0.755. The fraction of sp³-hybridized carbons (Fsp3) is 0.0714. The summed E-state index contributed by atoms with van der Waals surface area (Å²) in [5, 5.41) is 0. The summed E-state index contributed by atoms with van der Waals surface area (Å²) in [7, 11) is 0. The van der Waals surface area contributed by atoms with Gasteiger partial charge in [0.15, 0.2) is 22.9 Å². The number of ether oxygens (including phenoxy) is 1. The van der Waals surface area contributed by atoms with E-state index >= 15 is 0 Å². The van der Waals surface area contributed by atoms with Crippen LogP contribution in [0.4, 0.5) is 10.1 Å². The van der Waals surface area contributed by atoms with Crippen LogP contribution in [0.15, 0.2) is 39.5 Å². The van der Waals surface area contributed by atoms with Crippen molar-refractivity contribution >= 4 is 16.8 Å². The second-order valence-electron chi connectivity index (χ2n) is 4.44. The lowest BCUT2D eigenvalue weighted by atomic mass is 10.2. The van der Waals surface area contributed by atoms with Crippen LogP contribution in [-0.4, -0.2) is 4.98 Å². The van der Waals surface area contributed by atoms with Crippen LogP contribution in [0.3, 0.4) is 0 Å². The van der Waals surface area contributed by atoms with Gasteiger partial charge < -0.3 is 14.9 Å². The van der Waals surface area contributed by atoms with Crippen molar-refractivity contribution in [2.24, 2.45) is 0 Å². The Bertz CT molecular complexity index is 851. The zero-order chi connectivity index (χ0) is 14.3. The quantitative estimate of drug-likeness (QED) is 0.704. The molecule has 1 aromatic heterocycles. The molecule has 20 heavy (non-hydrogen) atoms. The Labute approximate surface area is 112 Å². The molecule has 0 aliphatic rings. The van der Waals surface area contributed by atoms with E-state index in [1.807, 2.05) is 6.92 Å². The first kappa shape index (κ1) is 12.3. The van der Waals surface area contributed by atoms with Gasteiger partial charge in [-0.1, -0.05) is 6.07 Å². The third-order valence-corrected chi connectivity index (χ3v) is 2.86. The third kappa shape index (κ3) is 2.11. The van der Waals surface area contributed by atoms with Gasteiger partial charge in [0.2, 0.25) is 0 Å². The van der Waals surface area contributed by atoms with E-state index in [2.05, 4.69) is 4.98 Å². The van der Waals surface area contributed by atoms with Crippen LogP contribution in [0.25, 0.3) is 11.1 Å². The first-order valence-corrected chi connectivity index (χ1v) is 5.89. The largest absolute Gasteiger partial charge is 0.452 e. The molecule has 3 N–H and O–H groups in total. The fourth-order valence-electron chi connectivity index (χ4n) is 1.89. The van der Waals surface area contributed by atoms with Gasteiger partial charge in [0.05, 0.1) is 11.2 Å². The molecule has 3 rings (SSSR count). The maximum absolute atomic E-state index is 13.7. The van der Waals surface area contributed by atoms with Gasteiger partial charge >= 0.3 is 5.76 Å². The molecule has 0 saturated heterocycles. The van der Waals surface area contributed by atoms with Crippen molar-refractivity contribution in [1.82, 2.24) is 4.98 Å². The van der Waals surface area contributed by atoms with Crippen molar-refractivity contribution in [1.29, 1.82) is 0 Å². The second kappa shape index (κ2) is 4.41. The van der Waals surface area contributed by atoms with E-state index in [1.54, 1.807) is 12.1 Å². The Balaban J connectivity index is 2.07. The van der Waals surface area contributed by atoms with Crippen molar-refractivity contribution in [3.8, 4) is 11.5 Å². The number of nitrogens with one attached hydrogen (secondary N) is 1. The number of rotatable bonds is 2. The lowest BCUT2D eigenvalue weighted by Gasteiger charge is -2.09. The van der Waals surface area contributed by atoms with Crippen molar-refractivity contribution in [2.45, 2.75) is 6.92 Å². The average molecular weight is 274 g/mol. The molecule has 0 aliphatic heterocycles. The number of hydrogen-bond donors (Lipinski definition) is 2. The van der Waals surface area contributed by atoms with E-state index in [1.165, 1.54) is 18.2 Å². The average Bonchev–Trinajstić information content (AvgIpc) is 2.73. The highest BCUT2D eigenvalue weighted by Crippen LogP contribution is 2.32. The van der Waals surface area contributed by atoms with Crippen LogP contribution in [0.1, 0.15) is 5.56 Å². The summed E-state index contributed by atoms with van der Waals surface area (Å²) in [6, 6.07) is 7.48. The monoisotopic (exact) mass is 274 g/mol. The molecule has 0 saturated carbocycles. The van der Waals surface area contributed by atoms with Crippen molar-refractivity contribution < 1.29 is 13.5 Å². The smallest absolute Gasteiger partial charge is 0.417 e. The molecule has 0 radical (unpaired) electrons. The molecule has 2 aromatic carbocycles. The predicted molar refractivity (Wildman–Crippen MR) is 72.5 cm³/mol. The summed E-state index contributed by atoms with van der Waals surface area (Å²) < 4.78 is 24.0. The normalized spacial score (nSPS) is 10.9. The van der Waals surface area contributed by atoms with Crippen LogP contribution in [0.5, 0.6) is 11.5 Å². The summed E-state index contributed by atoms with van der Waals surface area (Å²) >= 11 is 0. The zero-order valence-corrected chi connectivity index (χ0v) is 10.6. The molecule has 3 aromatic rings. The highest BCUT2D eigenvalue weighted by atomic mass is 19.1. The predicted octanol–water partition coefficient (Wildman–Crippen LogP) is 2.94. The minimum absolute atomic E-state index is 0.0712. The Kier molecular flexibility index (Phi) is 2.71. The standard InChI is InChI=1S/C14H11FN2O3/c1-7-2-3-8(15)11(4-7)19-12-6-10-13(5-9(12)16)20-14(18)17-10/h2-6H,16H2,1H3,(H,17,18). The maximum Gasteiger partial charge on any atom is 0.417 e. The molecule has 0 amide bonds. The number of H-pyrrole nitrogens is 1. The number of hydrogen-bond acceptors (Lipinski definition) is 4. The number of oxazole rings is 1. The van der Waals surface area contributed by atoms with E-state index in [0.29, 0.717) is 11.1 Å². The molecular weight excluding hydrogens is 263 g/mol. The number of aromatic amines is 1. The SMILES string of the molecule is Cc1ccc(F)c(Oc2cc3[nH]c(=O)oc3cc2N)c1. The molecule has 102 valence electrons. The van der Waals surface area contributed by atoms with Gasteiger partial charge in [0.25, 0.3) is 0 Å². The number of aryl methyl sites for hydroxylation is 1. The highest BCUT2D eigenvalue weighted by molar-refractivity contribution is 5.80. The van der Waals surface area contributed by atoms with Crippen molar-refractivity contribution in [3.63, 3.8) is 0 Å². The Morgan fingerprint density at radius 3 is 2.85 bits per heavy atom. The third-order valence-electron chi connectivity index (χ3n) is 2.86. The summed E-state index contributed by atoms with van der Waals surface area (Å²) in [6.07, 6.45) is 0. The molecule has 0 fully saturated rings. The van der Waals surface area contributed by atoms with Gasteiger partial charge in [-0.25, -0.2) is 9.18 Å². The molecule has 0 unspecified atom stereocenters. The minimum Gasteiger partial charge on any atom is -0.452 e. The van der Waals surface area contributed by atoms with Crippen LogP contribution >= 0.6 is 0 Å². The second-order valence-corrected chi connectivity index (χ2v) is 4.44. The number of halogens is 1. The van der Waals surface area contributed by atoms with E-state index in [4.69, 9.17) is 14.9 Å². The van der Waals surface area contributed by atoms with Gasteiger partial charge in [0.1, 0.15) is 0 Å². The maximum atomic E-state index is 13.7. The molecule has 6 heteroatoms. The van der Waals surface area contributed by atoms with Crippen molar-refractivity contribution in [2.75, 3.05) is 5.73 Å². The molecular formula is C14H11FN2O3. The number of nitrogen functional groups attached to an aromatic ring is 1. The number of benzene rings is 2. The molecule has 0 atom stereocenters. The zero-order valence-electron chi connectivity index (χ0n) is 10.6. The number of fused-ring (bicyclic) bond motifs is 1. The lowest BCUT2D eigenvalue weighted by Crippen LogP contribution is -1.95. The number of anilines is 1. The van der Waals surface area contributed by atoms with Gasteiger partial charge in [-0.3, -0.25) is 4.98 Å². The van der Waals surface area contributed by atoms with Crippen molar-refractivity contribution in [3.05, 3.63) is 52.3 Å². The molecule has 5 nitrogen and oxygen atoms in total. The fourth-order valence-corrected chi connectivity index (χ4v) is 1.89. The highest BCUT2D eigenvalue weighted by Gasteiger charge is 2.11. The Morgan fingerprint density at radius 1 is 1.25 bits per heavy atom. The summed E-state index contributed by atoms with van der Waals surface area (Å²) in [6.45, 7) is 1.83.